The molecule has 0 aromatic heterocycles. The fraction of sp³-hybridized carbons (Fsp3) is 0.875. The van der Waals surface area contributed by atoms with Crippen LogP contribution < -0.4 is 5.73 Å². The average Bonchev–Trinajstić information content (AvgIpc) is 2.55. The zero-order valence-electron chi connectivity index (χ0n) is 14.6. The van der Waals surface area contributed by atoms with E-state index in [4.69, 9.17) is 5.73 Å². The number of nitrogens with zero attached hydrogens (tertiary/aromatic N) is 3. The maximum Gasteiger partial charge on any atom is 0.223 e. The summed E-state index contributed by atoms with van der Waals surface area (Å²) in [6.07, 6.45) is 2.96. The van der Waals surface area contributed by atoms with Crippen molar-refractivity contribution in [3.63, 3.8) is 0 Å². The second kappa shape index (κ2) is 11.9. The quantitative estimate of drug-likeness (QED) is 0.768. The van der Waals surface area contributed by atoms with Crippen molar-refractivity contribution >= 4 is 36.6 Å². The smallest absolute Gasteiger partial charge is 0.223 e. The molecule has 0 radical (unpaired) electrons. The number of carbonyl (C=O) groups excluding carboxylic acids is 2. The third-order valence-corrected chi connectivity index (χ3v) is 4.96. The standard InChI is InChI=1S/C16H30N4O2.2ClH/c1-2-18-9-11-20(12-10-18)16(22)13-14-4-7-19(8-5-14)15(21)3-6-17;;/h14H,2-13,17H2,1H3;2*1H. The number of hydrogen-bond donors (Lipinski definition) is 1. The lowest BCUT2D eigenvalue weighted by Crippen LogP contribution is -2.49. The van der Waals surface area contributed by atoms with Crippen LogP contribution >= 0.6 is 24.8 Å². The Labute approximate surface area is 157 Å². The topological polar surface area (TPSA) is 69.9 Å². The molecule has 0 bridgehead atoms. The van der Waals surface area contributed by atoms with E-state index >= 15 is 0 Å². The average molecular weight is 383 g/mol. The van der Waals surface area contributed by atoms with Gasteiger partial charge in [-0.25, -0.2) is 0 Å². The van der Waals surface area contributed by atoms with Gasteiger partial charge < -0.3 is 20.4 Å². The summed E-state index contributed by atoms with van der Waals surface area (Å²) < 4.78 is 0. The highest BCUT2D eigenvalue weighted by molar-refractivity contribution is 5.85. The van der Waals surface area contributed by atoms with Gasteiger partial charge in [-0.05, 0) is 25.3 Å². The van der Waals surface area contributed by atoms with Crippen LogP contribution in [0, 0.1) is 5.92 Å². The first-order valence-electron chi connectivity index (χ1n) is 8.62. The molecule has 8 heteroatoms. The van der Waals surface area contributed by atoms with Gasteiger partial charge in [0.25, 0.3) is 0 Å². The molecule has 0 aromatic rings. The molecule has 0 unspecified atom stereocenters. The van der Waals surface area contributed by atoms with Gasteiger partial charge in [-0.2, -0.15) is 0 Å². The number of hydrogen-bond acceptors (Lipinski definition) is 4. The van der Waals surface area contributed by atoms with Crippen molar-refractivity contribution in [2.75, 3.05) is 52.4 Å². The number of likely N-dealkylation sites (tertiary alicyclic amines) is 1. The molecule has 2 amide bonds. The van der Waals surface area contributed by atoms with Crippen molar-refractivity contribution in [3.8, 4) is 0 Å². The van der Waals surface area contributed by atoms with Gasteiger partial charge in [-0.15, -0.1) is 24.8 Å². The highest BCUT2D eigenvalue weighted by atomic mass is 35.5. The molecule has 6 nitrogen and oxygen atoms in total. The molecule has 142 valence electrons. The van der Waals surface area contributed by atoms with E-state index in [1.807, 2.05) is 9.80 Å². The molecule has 2 saturated heterocycles. The van der Waals surface area contributed by atoms with Gasteiger partial charge in [0.2, 0.25) is 11.8 Å². The third kappa shape index (κ3) is 6.75. The van der Waals surface area contributed by atoms with E-state index in [1.54, 1.807) is 0 Å². The second-order valence-corrected chi connectivity index (χ2v) is 6.38. The first-order valence-corrected chi connectivity index (χ1v) is 8.62. The molecule has 2 heterocycles. The summed E-state index contributed by atoms with van der Waals surface area (Å²) >= 11 is 0. The molecule has 2 fully saturated rings. The molecule has 2 aliphatic rings. The van der Waals surface area contributed by atoms with Crippen LogP contribution in [0.1, 0.15) is 32.6 Å². The summed E-state index contributed by atoms with van der Waals surface area (Å²) in [6, 6.07) is 0. The molecule has 0 aliphatic carbocycles. The SMILES string of the molecule is CCN1CCN(C(=O)CC2CCN(C(=O)CCN)CC2)CC1.Cl.Cl. The minimum absolute atomic E-state index is 0. The Hall–Kier alpha value is -0.560. The van der Waals surface area contributed by atoms with Gasteiger partial charge in [-0.1, -0.05) is 6.92 Å². The number of carbonyl (C=O) groups is 2. The molecular formula is C16H32Cl2N4O2. The van der Waals surface area contributed by atoms with Crippen molar-refractivity contribution < 1.29 is 9.59 Å². The Kier molecular flexibility index (Phi) is 11.6. The Morgan fingerprint density at radius 1 is 0.917 bits per heavy atom. The van der Waals surface area contributed by atoms with Crippen LogP contribution in [0.2, 0.25) is 0 Å². The molecule has 2 rings (SSSR count). The zero-order chi connectivity index (χ0) is 15.9. The highest BCUT2D eigenvalue weighted by Crippen LogP contribution is 2.22. The third-order valence-electron chi connectivity index (χ3n) is 4.96. The maximum atomic E-state index is 12.4. The first kappa shape index (κ1) is 23.4. The summed E-state index contributed by atoms with van der Waals surface area (Å²) in [5.41, 5.74) is 5.43. The van der Waals surface area contributed by atoms with Crippen LogP contribution in [0.15, 0.2) is 0 Å². The van der Waals surface area contributed by atoms with Crippen molar-refractivity contribution in [3.05, 3.63) is 0 Å². The normalized spacial score (nSPS) is 19.4. The van der Waals surface area contributed by atoms with E-state index in [0.717, 1.165) is 58.7 Å². The Morgan fingerprint density at radius 2 is 1.46 bits per heavy atom. The van der Waals surface area contributed by atoms with E-state index in [9.17, 15) is 9.59 Å². The first-order chi connectivity index (χ1) is 10.6. The fourth-order valence-corrected chi connectivity index (χ4v) is 3.36. The lowest BCUT2D eigenvalue weighted by molar-refractivity contribution is -0.135. The monoisotopic (exact) mass is 382 g/mol. The number of amides is 2. The minimum Gasteiger partial charge on any atom is -0.343 e. The van der Waals surface area contributed by atoms with Crippen LogP contribution in [-0.2, 0) is 9.59 Å². The summed E-state index contributed by atoms with van der Waals surface area (Å²) in [5, 5.41) is 0. The molecule has 0 atom stereocenters. The van der Waals surface area contributed by atoms with E-state index in [1.165, 1.54) is 0 Å². The largest absolute Gasteiger partial charge is 0.343 e. The fourth-order valence-electron chi connectivity index (χ4n) is 3.36. The minimum atomic E-state index is 0. The zero-order valence-corrected chi connectivity index (χ0v) is 16.2. The summed E-state index contributed by atoms with van der Waals surface area (Å²) in [4.78, 5) is 30.5. The van der Waals surface area contributed by atoms with E-state index in [0.29, 0.717) is 31.2 Å². The number of piperazine rings is 1. The Bertz CT molecular complexity index is 382. The van der Waals surface area contributed by atoms with E-state index in [2.05, 4.69) is 11.8 Å². The number of nitrogens with two attached hydrogens (primary N) is 1. The molecule has 0 saturated carbocycles. The second-order valence-electron chi connectivity index (χ2n) is 6.38. The van der Waals surface area contributed by atoms with Gasteiger partial charge in [0.1, 0.15) is 0 Å². The number of likely N-dealkylation sites (N-methyl/N-ethyl adjacent to an activating group) is 1. The van der Waals surface area contributed by atoms with Gasteiger partial charge >= 0.3 is 0 Å². The van der Waals surface area contributed by atoms with Gasteiger partial charge in [0.15, 0.2) is 0 Å². The molecule has 2 N–H and O–H groups in total. The molecular weight excluding hydrogens is 351 g/mol. The molecule has 0 spiro atoms. The Balaban J connectivity index is 0.00000264. The molecule has 2 aliphatic heterocycles. The lowest BCUT2D eigenvalue weighted by atomic mass is 9.92. The van der Waals surface area contributed by atoms with Crippen molar-refractivity contribution in [2.24, 2.45) is 11.7 Å². The highest BCUT2D eigenvalue weighted by Gasteiger charge is 2.27. The van der Waals surface area contributed by atoms with Crippen molar-refractivity contribution in [1.29, 1.82) is 0 Å². The van der Waals surface area contributed by atoms with Crippen LogP contribution in [0.3, 0.4) is 0 Å². The van der Waals surface area contributed by atoms with Crippen LogP contribution in [0.5, 0.6) is 0 Å². The van der Waals surface area contributed by atoms with Gasteiger partial charge in [0.05, 0.1) is 0 Å². The van der Waals surface area contributed by atoms with Gasteiger partial charge in [-0.3, -0.25) is 9.59 Å². The van der Waals surface area contributed by atoms with Crippen LogP contribution in [0.25, 0.3) is 0 Å². The predicted molar refractivity (Wildman–Crippen MR) is 101 cm³/mol. The van der Waals surface area contributed by atoms with Crippen molar-refractivity contribution in [2.45, 2.75) is 32.6 Å². The summed E-state index contributed by atoms with van der Waals surface area (Å²) in [7, 11) is 0. The number of halogens is 2. The van der Waals surface area contributed by atoms with Crippen LogP contribution in [0.4, 0.5) is 0 Å². The summed E-state index contributed by atoms with van der Waals surface area (Å²) in [5.74, 6) is 0.879. The molecule has 0 aromatic carbocycles. The summed E-state index contributed by atoms with van der Waals surface area (Å²) in [6.45, 7) is 8.92. The van der Waals surface area contributed by atoms with E-state index in [-0.39, 0.29) is 30.7 Å². The number of piperidine rings is 1. The van der Waals surface area contributed by atoms with Crippen LogP contribution in [-0.4, -0.2) is 78.9 Å². The number of rotatable bonds is 5. The van der Waals surface area contributed by atoms with Crippen molar-refractivity contribution in [1.82, 2.24) is 14.7 Å². The Morgan fingerprint density at radius 3 is 1.96 bits per heavy atom. The van der Waals surface area contributed by atoms with Gasteiger partial charge in [0, 0.05) is 58.7 Å². The lowest BCUT2D eigenvalue weighted by Gasteiger charge is -2.36. The maximum absolute atomic E-state index is 12.4. The van der Waals surface area contributed by atoms with E-state index < -0.39 is 0 Å². The molecule has 24 heavy (non-hydrogen) atoms. The predicted octanol–water partition coefficient (Wildman–Crippen LogP) is 0.972.